The highest BCUT2D eigenvalue weighted by molar-refractivity contribution is 7.91. The van der Waals surface area contributed by atoms with Crippen LogP contribution in [0.2, 0.25) is 0 Å². The molecule has 1 fully saturated rings. The molecule has 2 heterocycles. The number of benzene rings is 1. The zero-order chi connectivity index (χ0) is 16.3. The van der Waals surface area contributed by atoms with Crippen molar-refractivity contribution in [3.05, 3.63) is 59.5 Å². The number of nitrogens with zero attached hydrogens (tertiary/aromatic N) is 2. The van der Waals surface area contributed by atoms with Crippen molar-refractivity contribution < 1.29 is 12.8 Å². The SMILES string of the molecule is N#Cc1ccccc1CN(Cc1ccco1)[C@@H]1CCS(=O)(=O)C1. The molecule has 0 amide bonds. The molecule has 0 bridgehead atoms. The summed E-state index contributed by atoms with van der Waals surface area (Å²) in [5, 5.41) is 9.25. The Hall–Kier alpha value is -2.10. The molecule has 5 nitrogen and oxygen atoms in total. The first-order valence-electron chi connectivity index (χ1n) is 7.52. The van der Waals surface area contributed by atoms with E-state index in [2.05, 4.69) is 11.0 Å². The zero-order valence-electron chi connectivity index (χ0n) is 12.7. The molecule has 6 heteroatoms. The van der Waals surface area contributed by atoms with Crippen LogP contribution in [0.3, 0.4) is 0 Å². The molecule has 0 saturated carbocycles. The maximum Gasteiger partial charge on any atom is 0.151 e. The van der Waals surface area contributed by atoms with Gasteiger partial charge in [-0.25, -0.2) is 8.42 Å². The lowest BCUT2D eigenvalue weighted by Gasteiger charge is -2.27. The summed E-state index contributed by atoms with van der Waals surface area (Å²) >= 11 is 0. The van der Waals surface area contributed by atoms with Crippen molar-refractivity contribution in [2.45, 2.75) is 25.6 Å². The monoisotopic (exact) mass is 330 g/mol. The third kappa shape index (κ3) is 3.81. The standard InChI is InChI=1S/C17H18N2O3S/c18-10-14-4-1-2-5-15(14)11-19(12-17-6-3-8-22-17)16-7-9-23(20,21)13-16/h1-6,8,16H,7,9,11-13H2/t16-/m1/s1. The number of nitriles is 1. The maximum atomic E-state index is 11.8. The number of hydrogen-bond donors (Lipinski definition) is 0. The van der Waals surface area contributed by atoms with Crippen molar-refractivity contribution in [3.8, 4) is 6.07 Å². The summed E-state index contributed by atoms with van der Waals surface area (Å²) in [4.78, 5) is 2.10. The van der Waals surface area contributed by atoms with Crippen molar-refractivity contribution >= 4 is 9.84 Å². The number of hydrogen-bond acceptors (Lipinski definition) is 5. The average Bonchev–Trinajstić information content (AvgIpc) is 3.16. The lowest BCUT2D eigenvalue weighted by molar-refractivity contribution is 0.179. The fourth-order valence-electron chi connectivity index (χ4n) is 2.97. The topological polar surface area (TPSA) is 74.3 Å². The van der Waals surface area contributed by atoms with Gasteiger partial charge in [-0.05, 0) is 30.2 Å². The van der Waals surface area contributed by atoms with Crippen LogP contribution in [0, 0.1) is 11.3 Å². The summed E-state index contributed by atoms with van der Waals surface area (Å²) in [6, 6.07) is 13.3. The predicted molar refractivity (Wildman–Crippen MR) is 86.2 cm³/mol. The van der Waals surface area contributed by atoms with Crippen molar-refractivity contribution in [1.82, 2.24) is 4.90 Å². The Kier molecular flexibility index (Phi) is 4.51. The smallest absolute Gasteiger partial charge is 0.151 e. The summed E-state index contributed by atoms with van der Waals surface area (Å²) in [7, 11) is -2.96. The van der Waals surface area contributed by atoms with Crippen molar-refractivity contribution in [3.63, 3.8) is 0 Å². The molecule has 2 aromatic rings. The third-order valence-electron chi connectivity index (χ3n) is 4.18. The Labute approximate surface area is 136 Å². The molecule has 1 atom stereocenters. The fourth-order valence-corrected chi connectivity index (χ4v) is 4.73. The first-order chi connectivity index (χ1) is 11.1. The van der Waals surface area contributed by atoms with Gasteiger partial charge < -0.3 is 4.42 Å². The van der Waals surface area contributed by atoms with Crippen LogP contribution in [0.5, 0.6) is 0 Å². The molecule has 1 aromatic carbocycles. The summed E-state index contributed by atoms with van der Waals surface area (Å²) in [5.74, 6) is 1.19. The van der Waals surface area contributed by atoms with Gasteiger partial charge in [0.2, 0.25) is 0 Å². The minimum absolute atomic E-state index is 0.0446. The summed E-state index contributed by atoms with van der Waals surface area (Å²) in [6.07, 6.45) is 2.24. The molecule has 1 saturated heterocycles. The van der Waals surface area contributed by atoms with E-state index in [0.717, 1.165) is 11.3 Å². The molecule has 0 spiro atoms. The highest BCUT2D eigenvalue weighted by Crippen LogP contribution is 2.23. The minimum Gasteiger partial charge on any atom is -0.468 e. The van der Waals surface area contributed by atoms with E-state index in [0.29, 0.717) is 25.1 Å². The zero-order valence-corrected chi connectivity index (χ0v) is 13.5. The van der Waals surface area contributed by atoms with Crippen LogP contribution in [0.25, 0.3) is 0 Å². The second kappa shape index (κ2) is 6.57. The molecule has 1 aliphatic rings. The summed E-state index contributed by atoms with van der Waals surface area (Å²) in [5.41, 5.74) is 1.53. The molecule has 0 radical (unpaired) electrons. The maximum absolute atomic E-state index is 11.8. The van der Waals surface area contributed by atoms with Gasteiger partial charge >= 0.3 is 0 Å². The average molecular weight is 330 g/mol. The van der Waals surface area contributed by atoms with Crippen molar-refractivity contribution in [2.24, 2.45) is 0 Å². The summed E-state index contributed by atoms with van der Waals surface area (Å²) in [6.45, 7) is 1.07. The van der Waals surface area contributed by atoms with Gasteiger partial charge in [-0.3, -0.25) is 4.90 Å². The van der Waals surface area contributed by atoms with Gasteiger partial charge in [0.1, 0.15) is 5.76 Å². The lowest BCUT2D eigenvalue weighted by Crippen LogP contribution is -2.35. The Bertz CT molecular complexity index is 807. The van der Waals surface area contributed by atoms with Gasteiger partial charge in [-0.15, -0.1) is 0 Å². The van der Waals surface area contributed by atoms with Gasteiger partial charge in [-0.1, -0.05) is 18.2 Å². The van der Waals surface area contributed by atoms with E-state index in [-0.39, 0.29) is 17.5 Å². The molecule has 3 rings (SSSR count). The number of sulfone groups is 1. The lowest BCUT2D eigenvalue weighted by atomic mass is 10.1. The van der Waals surface area contributed by atoms with Crippen LogP contribution in [-0.2, 0) is 22.9 Å². The fraction of sp³-hybridized carbons (Fsp3) is 0.353. The Morgan fingerprint density at radius 3 is 2.70 bits per heavy atom. The largest absolute Gasteiger partial charge is 0.468 e. The van der Waals surface area contributed by atoms with Crippen LogP contribution in [0.15, 0.2) is 47.1 Å². The van der Waals surface area contributed by atoms with E-state index in [9.17, 15) is 13.7 Å². The Morgan fingerprint density at radius 2 is 2.04 bits per heavy atom. The molecule has 120 valence electrons. The van der Waals surface area contributed by atoms with Crippen LogP contribution >= 0.6 is 0 Å². The van der Waals surface area contributed by atoms with E-state index < -0.39 is 9.84 Å². The van der Waals surface area contributed by atoms with Crippen LogP contribution < -0.4 is 0 Å². The van der Waals surface area contributed by atoms with Crippen LogP contribution in [0.1, 0.15) is 23.3 Å². The van der Waals surface area contributed by atoms with E-state index in [4.69, 9.17) is 4.42 Å². The second-order valence-corrected chi connectivity index (χ2v) is 8.04. The molecular formula is C17H18N2O3S. The van der Waals surface area contributed by atoms with Crippen molar-refractivity contribution in [1.29, 1.82) is 5.26 Å². The van der Waals surface area contributed by atoms with E-state index in [1.54, 1.807) is 12.3 Å². The number of furan rings is 1. The van der Waals surface area contributed by atoms with Gasteiger partial charge in [-0.2, -0.15) is 5.26 Å². The second-order valence-electron chi connectivity index (χ2n) is 5.81. The first-order valence-corrected chi connectivity index (χ1v) is 9.34. The Balaban J connectivity index is 1.84. The van der Waals surface area contributed by atoms with Crippen molar-refractivity contribution in [2.75, 3.05) is 11.5 Å². The first kappa shape index (κ1) is 15.8. The molecule has 0 N–H and O–H groups in total. The van der Waals surface area contributed by atoms with Crippen LogP contribution in [0.4, 0.5) is 0 Å². The predicted octanol–water partition coefficient (Wildman–Crippen LogP) is 2.34. The van der Waals surface area contributed by atoms with E-state index in [1.165, 1.54) is 0 Å². The quantitative estimate of drug-likeness (QED) is 0.841. The highest BCUT2D eigenvalue weighted by atomic mass is 32.2. The molecule has 0 aliphatic carbocycles. The molecule has 0 unspecified atom stereocenters. The van der Waals surface area contributed by atoms with E-state index in [1.807, 2.05) is 30.3 Å². The third-order valence-corrected chi connectivity index (χ3v) is 5.93. The van der Waals surface area contributed by atoms with Gasteiger partial charge in [0.05, 0.1) is 35.9 Å². The summed E-state index contributed by atoms with van der Waals surface area (Å²) < 4.78 is 29.1. The van der Waals surface area contributed by atoms with Gasteiger partial charge in [0.25, 0.3) is 0 Å². The molecule has 23 heavy (non-hydrogen) atoms. The Morgan fingerprint density at radius 1 is 1.22 bits per heavy atom. The molecular weight excluding hydrogens is 312 g/mol. The normalized spacial score (nSPS) is 19.7. The molecule has 1 aliphatic heterocycles. The minimum atomic E-state index is -2.96. The van der Waals surface area contributed by atoms with Gasteiger partial charge in [0.15, 0.2) is 9.84 Å². The van der Waals surface area contributed by atoms with Gasteiger partial charge in [0, 0.05) is 12.6 Å². The van der Waals surface area contributed by atoms with Crippen LogP contribution in [-0.4, -0.2) is 30.9 Å². The number of rotatable bonds is 5. The molecule has 1 aromatic heterocycles. The highest BCUT2D eigenvalue weighted by Gasteiger charge is 2.32. The van der Waals surface area contributed by atoms with E-state index >= 15 is 0 Å².